The number of hydrogen-bond donors (Lipinski definition) is 1. The van der Waals surface area contributed by atoms with Gasteiger partial charge < -0.3 is 9.47 Å². The SMILES string of the molecule is CCOC(=O)c1[nH]nnc1OC(Cc1ccc(Cl)cc1)Cc1ccc(Cl)cc1. The molecular formula is C20H19Cl2N3O3. The Labute approximate surface area is 172 Å². The number of ether oxygens (including phenoxy) is 2. The zero-order chi connectivity index (χ0) is 19.9. The van der Waals surface area contributed by atoms with E-state index in [2.05, 4.69) is 15.4 Å². The predicted octanol–water partition coefficient (Wildman–Crippen LogP) is 4.52. The largest absolute Gasteiger partial charge is 0.471 e. The molecule has 6 nitrogen and oxygen atoms in total. The Kier molecular flexibility index (Phi) is 6.90. The molecule has 3 rings (SSSR count). The Morgan fingerprint density at radius 2 is 1.54 bits per heavy atom. The minimum atomic E-state index is -0.556. The third-order valence-electron chi connectivity index (χ3n) is 4.03. The number of esters is 1. The molecule has 0 radical (unpaired) electrons. The van der Waals surface area contributed by atoms with Crippen molar-refractivity contribution < 1.29 is 14.3 Å². The number of nitrogens with zero attached hydrogens (tertiary/aromatic N) is 2. The molecule has 0 spiro atoms. The Bertz CT molecular complexity index is 864. The van der Waals surface area contributed by atoms with Crippen LogP contribution in [-0.2, 0) is 17.6 Å². The fraction of sp³-hybridized carbons (Fsp3) is 0.250. The molecule has 0 amide bonds. The van der Waals surface area contributed by atoms with E-state index >= 15 is 0 Å². The summed E-state index contributed by atoms with van der Waals surface area (Å²) in [6, 6.07) is 15.1. The lowest BCUT2D eigenvalue weighted by molar-refractivity contribution is 0.0511. The smallest absolute Gasteiger partial charge is 0.362 e. The second-order valence-corrected chi connectivity index (χ2v) is 6.99. The molecule has 0 saturated carbocycles. The maximum atomic E-state index is 12.1. The molecule has 1 aromatic heterocycles. The van der Waals surface area contributed by atoms with E-state index < -0.39 is 5.97 Å². The summed E-state index contributed by atoms with van der Waals surface area (Å²) in [7, 11) is 0. The van der Waals surface area contributed by atoms with E-state index in [4.69, 9.17) is 32.7 Å². The second kappa shape index (κ2) is 9.57. The van der Waals surface area contributed by atoms with Gasteiger partial charge in [-0.3, -0.25) is 0 Å². The molecule has 0 unspecified atom stereocenters. The first-order chi connectivity index (χ1) is 13.5. The van der Waals surface area contributed by atoms with Gasteiger partial charge in [0.05, 0.1) is 6.61 Å². The van der Waals surface area contributed by atoms with E-state index in [-0.39, 0.29) is 24.3 Å². The Morgan fingerprint density at radius 1 is 1.00 bits per heavy atom. The Balaban J connectivity index is 1.81. The first kappa shape index (κ1) is 20.2. The summed E-state index contributed by atoms with van der Waals surface area (Å²) in [4.78, 5) is 12.1. The molecule has 0 saturated heterocycles. The third kappa shape index (κ3) is 5.47. The van der Waals surface area contributed by atoms with Gasteiger partial charge in [-0.1, -0.05) is 57.8 Å². The maximum Gasteiger partial charge on any atom is 0.362 e. The average molecular weight is 420 g/mol. The lowest BCUT2D eigenvalue weighted by atomic mass is 10.0. The van der Waals surface area contributed by atoms with Crippen LogP contribution in [-0.4, -0.2) is 34.1 Å². The van der Waals surface area contributed by atoms with Crippen LogP contribution in [0.25, 0.3) is 0 Å². The first-order valence-electron chi connectivity index (χ1n) is 8.79. The number of halogens is 2. The Morgan fingerprint density at radius 3 is 2.04 bits per heavy atom. The number of carbonyl (C=O) groups excluding carboxylic acids is 1. The number of aromatic amines is 1. The molecule has 3 aromatic rings. The molecule has 28 heavy (non-hydrogen) atoms. The highest BCUT2D eigenvalue weighted by Crippen LogP contribution is 2.20. The van der Waals surface area contributed by atoms with Crippen molar-refractivity contribution in [3.63, 3.8) is 0 Å². The quantitative estimate of drug-likeness (QED) is 0.543. The van der Waals surface area contributed by atoms with E-state index in [0.717, 1.165) is 11.1 Å². The van der Waals surface area contributed by atoms with Crippen LogP contribution in [0.2, 0.25) is 10.0 Å². The summed E-state index contributed by atoms with van der Waals surface area (Å²) in [5.41, 5.74) is 2.19. The zero-order valence-electron chi connectivity index (χ0n) is 15.2. The number of rotatable bonds is 8. The van der Waals surface area contributed by atoms with Crippen LogP contribution in [0, 0.1) is 0 Å². The monoisotopic (exact) mass is 419 g/mol. The van der Waals surface area contributed by atoms with Crippen molar-refractivity contribution >= 4 is 29.2 Å². The molecule has 8 heteroatoms. The summed E-state index contributed by atoms with van der Waals surface area (Å²) >= 11 is 12.0. The van der Waals surface area contributed by atoms with Gasteiger partial charge in [0.15, 0.2) is 0 Å². The summed E-state index contributed by atoms with van der Waals surface area (Å²) in [5, 5.41) is 11.5. The molecule has 0 fully saturated rings. The number of carbonyl (C=O) groups is 1. The lowest BCUT2D eigenvalue weighted by Crippen LogP contribution is -2.24. The van der Waals surface area contributed by atoms with Gasteiger partial charge in [-0.2, -0.15) is 0 Å². The Hall–Kier alpha value is -2.57. The van der Waals surface area contributed by atoms with Crippen molar-refractivity contribution in [2.45, 2.75) is 25.9 Å². The van der Waals surface area contributed by atoms with E-state index in [1.54, 1.807) is 6.92 Å². The topological polar surface area (TPSA) is 77.1 Å². The van der Waals surface area contributed by atoms with Crippen molar-refractivity contribution in [2.24, 2.45) is 0 Å². The second-order valence-electron chi connectivity index (χ2n) is 6.11. The lowest BCUT2D eigenvalue weighted by Gasteiger charge is -2.18. The number of nitrogens with one attached hydrogen (secondary N) is 1. The average Bonchev–Trinajstić information content (AvgIpc) is 3.14. The molecule has 0 aliphatic rings. The maximum absolute atomic E-state index is 12.1. The fourth-order valence-corrected chi connectivity index (χ4v) is 2.97. The third-order valence-corrected chi connectivity index (χ3v) is 4.53. The van der Waals surface area contributed by atoms with E-state index in [9.17, 15) is 4.79 Å². The zero-order valence-corrected chi connectivity index (χ0v) is 16.7. The predicted molar refractivity (Wildman–Crippen MR) is 107 cm³/mol. The van der Waals surface area contributed by atoms with Crippen LogP contribution in [0.1, 0.15) is 28.5 Å². The summed E-state index contributed by atoms with van der Waals surface area (Å²) in [5.74, 6) is -0.439. The standard InChI is InChI=1S/C20H19Cl2N3O3/c1-2-27-20(26)18-19(24-25-23-18)28-17(11-13-3-7-15(21)8-4-13)12-14-5-9-16(22)10-6-14/h3-10,17H,2,11-12H2,1H3,(H,23,24,25). The van der Waals surface area contributed by atoms with Crippen molar-refractivity contribution in [2.75, 3.05) is 6.61 Å². The molecule has 0 bridgehead atoms. The molecule has 2 aromatic carbocycles. The van der Waals surface area contributed by atoms with Gasteiger partial charge in [0.25, 0.3) is 5.88 Å². The minimum absolute atomic E-state index is 0.0964. The van der Waals surface area contributed by atoms with Gasteiger partial charge in [0, 0.05) is 22.9 Å². The number of aromatic nitrogens is 3. The highest BCUT2D eigenvalue weighted by molar-refractivity contribution is 6.30. The fourth-order valence-electron chi connectivity index (χ4n) is 2.72. The van der Waals surface area contributed by atoms with E-state index in [1.165, 1.54) is 0 Å². The van der Waals surface area contributed by atoms with Gasteiger partial charge >= 0.3 is 5.97 Å². The normalized spacial score (nSPS) is 10.9. The molecule has 1 heterocycles. The molecular weight excluding hydrogens is 401 g/mol. The van der Waals surface area contributed by atoms with Gasteiger partial charge in [-0.25, -0.2) is 9.89 Å². The summed E-state index contributed by atoms with van der Waals surface area (Å²) in [6.07, 6.45) is 0.893. The van der Waals surface area contributed by atoms with Gasteiger partial charge in [0.1, 0.15) is 6.10 Å². The van der Waals surface area contributed by atoms with Crippen LogP contribution in [0.4, 0.5) is 0 Å². The van der Waals surface area contributed by atoms with Crippen LogP contribution in [0.5, 0.6) is 5.88 Å². The van der Waals surface area contributed by atoms with Crippen molar-refractivity contribution in [1.82, 2.24) is 15.4 Å². The van der Waals surface area contributed by atoms with Crippen LogP contribution >= 0.6 is 23.2 Å². The van der Waals surface area contributed by atoms with Gasteiger partial charge in [-0.05, 0) is 42.3 Å². The van der Waals surface area contributed by atoms with Crippen LogP contribution in [0.15, 0.2) is 48.5 Å². The number of H-pyrrole nitrogens is 1. The minimum Gasteiger partial charge on any atom is -0.471 e. The molecule has 0 aliphatic heterocycles. The molecule has 0 atom stereocenters. The van der Waals surface area contributed by atoms with E-state index in [0.29, 0.717) is 22.9 Å². The highest BCUT2D eigenvalue weighted by atomic mass is 35.5. The van der Waals surface area contributed by atoms with Crippen LogP contribution < -0.4 is 4.74 Å². The molecule has 1 N–H and O–H groups in total. The first-order valence-corrected chi connectivity index (χ1v) is 9.54. The van der Waals surface area contributed by atoms with Crippen molar-refractivity contribution in [3.05, 3.63) is 75.4 Å². The van der Waals surface area contributed by atoms with Crippen molar-refractivity contribution in [1.29, 1.82) is 0 Å². The van der Waals surface area contributed by atoms with Gasteiger partial charge in [0.2, 0.25) is 5.69 Å². The highest BCUT2D eigenvalue weighted by Gasteiger charge is 2.22. The van der Waals surface area contributed by atoms with Crippen molar-refractivity contribution in [3.8, 4) is 5.88 Å². The van der Waals surface area contributed by atoms with Gasteiger partial charge in [-0.15, -0.1) is 0 Å². The van der Waals surface area contributed by atoms with Crippen LogP contribution in [0.3, 0.4) is 0 Å². The van der Waals surface area contributed by atoms with E-state index in [1.807, 2.05) is 48.5 Å². The number of benzene rings is 2. The summed E-state index contributed by atoms with van der Waals surface area (Å²) in [6.45, 7) is 1.97. The number of hydrogen-bond acceptors (Lipinski definition) is 5. The molecule has 0 aliphatic carbocycles. The molecule has 146 valence electrons. The summed E-state index contributed by atoms with van der Waals surface area (Å²) < 4.78 is 11.1.